The van der Waals surface area contributed by atoms with Crippen molar-refractivity contribution >= 4 is 11.9 Å². The van der Waals surface area contributed by atoms with Crippen LogP contribution in [-0.4, -0.2) is 29.6 Å². The number of fused-ring (bicyclic) bond motifs is 1. The zero-order chi connectivity index (χ0) is 17.1. The third-order valence-electron chi connectivity index (χ3n) is 3.92. The summed E-state index contributed by atoms with van der Waals surface area (Å²) in [6.07, 6.45) is 0.206. The number of carboxylic acids is 1. The van der Waals surface area contributed by atoms with Gasteiger partial charge in [0.15, 0.2) is 17.7 Å². The number of hydrogen-bond donors (Lipinski definition) is 2. The standard InChI is InChI=1S/C18H16FNO4/c19-14-3-1-2-13-10-15(24-16(13)14)17(21)20-9-8-11-4-6-12(7-5-11)18(22)23/h1-7,15H,8-10H2,(H,20,21)(H,22,23)/t15-/m0/s1. The average molecular weight is 329 g/mol. The van der Waals surface area contributed by atoms with E-state index in [-0.39, 0.29) is 17.2 Å². The summed E-state index contributed by atoms with van der Waals surface area (Å²) in [5, 5.41) is 11.6. The fourth-order valence-corrected chi connectivity index (χ4v) is 2.63. The Balaban J connectivity index is 1.50. The van der Waals surface area contributed by atoms with Crippen LogP contribution in [-0.2, 0) is 17.6 Å². The van der Waals surface area contributed by atoms with Gasteiger partial charge in [0.05, 0.1) is 5.56 Å². The second-order valence-corrected chi connectivity index (χ2v) is 5.58. The van der Waals surface area contributed by atoms with Gasteiger partial charge in [0.1, 0.15) is 0 Å². The molecule has 0 aromatic heterocycles. The molecule has 24 heavy (non-hydrogen) atoms. The van der Waals surface area contributed by atoms with Crippen LogP contribution in [0.25, 0.3) is 0 Å². The summed E-state index contributed by atoms with van der Waals surface area (Å²) in [6.45, 7) is 0.393. The molecule has 1 amide bonds. The van der Waals surface area contributed by atoms with Crippen molar-refractivity contribution in [1.29, 1.82) is 0 Å². The number of benzene rings is 2. The van der Waals surface area contributed by atoms with Crippen LogP contribution in [0.2, 0.25) is 0 Å². The SMILES string of the molecule is O=C(O)c1ccc(CCNC(=O)[C@@H]2Cc3cccc(F)c3O2)cc1. The number of carbonyl (C=O) groups is 2. The highest BCUT2D eigenvalue weighted by Crippen LogP contribution is 2.31. The van der Waals surface area contributed by atoms with E-state index in [9.17, 15) is 14.0 Å². The van der Waals surface area contributed by atoms with Gasteiger partial charge in [-0.1, -0.05) is 24.3 Å². The van der Waals surface area contributed by atoms with E-state index >= 15 is 0 Å². The van der Waals surface area contributed by atoms with Gasteiger partial charge in [-0.2, -0.15) is 0 Å². The second-order valence-electron chi connectivity index (χ2n) is 5.58. The molecule has 1 heterocycles. The molecule has 0 spiro atoms. The number of ether oxygens (including phenoxy) is 1. The predicted molar refractivity (Wildman–Crippen MR) is 84.6 cm³/mol. The molecule has 2 aromatic carbocycles. The quantitative estimate of drug-likeness (QED) is 0.882. The number of carboxylic acid groups (broad SMARTS) is 1. The van der Waals surface area contributed by atoms with Gasteiger partial charge in [0.25, 0.3) is 5.91 Å². The summed E-state index contributed by atoms with van der Waals surface area (Å²) in [4.78, 5) is 22.9. The predicted octanol–water partition coefficient (Wildman–Crippen LogP) is 2.19. The Kier molecular flexibility index (Phi) is 4.46. The highest BCUT2D eigenvalue weighted by Gasteiger charge is 2.30. The second kappa shape index (κ2) is 6.70. The van der Waals surface area contributed by atoms with E-state index in [1.807, 2.05) is 0 Å². The number of para-hydroxylation sites is 1. The molecule has 124 valence electrons. The van der Waals surface area contributed by atoms with Crippen LogP contribution in [0.4, 0.5) is 4.39 Å². The van der Waals surface area contributed by atoms with Crippen molar-refractivity contribution in [2.45, 2.75) is 18.9 Å². The van der Waals surface area contributed by atoms with Crippen LogP contribution in [0.1, 0.15) is 21.5 Å². The van der Waals surface area contributed by atoms with Crippen LogP contribution in [0, 0.1) is 5.82 Å². The Morgan fingerprint density at radius 2 is 1.96 bits per heavy atom. The van der Waals surface area contributed by atoms with Gasteiger partial charge in [-0.15, -0.1) is 0 Å². The van der Waals surface area contributed by atoms with Crippen LogP contribution in [0.15, 0.2) is 42.5 Å². The van der Waals surface area contributed by atoms with Gasteiger partial charge in [0, 0.05) is 18.5 Å². The highest BCUT2D eigenvalue weighted by atomic mass is 19.1. The lowest BCUT2D eigenvalue weighted by atomic mass is 10.1. The smallest absolute Gasteiger partial charge is 0.335 e. The fraction of sp³-hybridized carbons (Fsp3) is 0.222. The lowest BCUT2D eigenvalue weighted by molar-refractivity contribution is -0.127. The Labute approximate surface area is 138 Å². The first kappa shape index (κ1) is 16.0. The first-order valence-corrected chi connectivity index (χ1v) is 7.58. The van der Waals surface area contributed by atoms with Crippen molar-refractivity contribution < 1.29 is 23.8 Å². The summed E-state index contributed by atoms with van der Waals surface area (Å²) >= 11 is 0. The van der Waals surface area contributed by atoms with Gasteiger partial charge in [-0.25, -0.2) is 9.18 Å². The van der Waals surface area contributed by atoms with Gasteiger partial charge >= 0.3 is 5.97 Å². The minimum Gasteiger partial charge on any atom is -0.478 e. The summed E-state index contributed by atoms with van der Waals surface area (Å²) < 4.78 is 19.0. The first-order chi connectivity index (χ1) is 11.5. The van der Waals surface area contributed by atoms with Crippen molar-refractivity contribution in [3.05, 3.63) is 65.0 Å². The number of aromatic carboxylic acids is 1. The third-order valence-corrected chi connectivity index (χ3v) is 3.92. The minimum atomic E-state index is -0.972. The maximum absolute atomic E-state index is 13.6. The molecular formula is C18H16FNO4. The largest absolute Gasteiger partial charge is 0.478 e. The van der Waals surface area contributed by atoms with Gasteiger partial charge in [-0.05, 0) is 30.2 Å². The Bertz CT molecular complexity index is 773. The third kappa shape index (κ3) is 3.37. The summed E-state index contributed by atoms with van der Waals surface area (Å²) in [5.74, 6) is -1.56. The van der Waals surface area contributed by atoms with Crippen LogP contribution in [0.3, 0.4) is 0 Å². The van der Waals surface area contributed by atoms with Crippen molar-refractivity contribution in [3.63, 3.8) is 0 Å². The minimum absolute atomic E-state index is 0.155. The molecule has 0 saturated heterocycles. The van der Waals surface area contributed by atoms with Gasteiger partial charge in [-0.3, -0.25) is 4.79 Å². The normalized spacial score (nSPS) is 15.5. The molecule has 0 radical (unpaired) electrons. The molecule has 0 unspecified atom stereocenters. The summed E-state index contributed by atoms with van der Waals surface area (Å²) in [7, 11) is 0. The maximum Gasteiger partial charge on any atom is 0.335 e. The molecule has 1 aliphatic heterocycles. The summed E-state index contributed by atoms with van der Waals surface area (Å²) in [6, 6.07) is 11.1. The maximum atomic E-state index is 13.6. The molecule has 0 saturated carbocycles. The van der Waals surface area contributed by atoms with E-state index in [0.717, 1.165) is 5.56 Å². The van der Waals surface area contributed by atoms with Crippen LogP contribution < -0.4 is 10.1 Å². The molecule has 0 aliphatic carbocycles. The number of nitrogens with one attached hydrogen (secondary N) is 1. The van der Waals surface area contributed by atoms with E-state index in [1.54, 1.807) is 24.3 Å². The van der Waals surface area contributed by atoms with Gasteiger partial charge in [0.2, 0.25) is 0 Å². The van der Waals surface area contributed by atoms with Crippen molar-refractivity contribution in [2.75, 3.05) is 6.54 Å². The van der Waals surface area contributed by atoms with Crippen molar-refractivity contribution in [3.8, 4) is 5.75 Å². The van der Waals surface area contributed by atoms with E-state index in [0.29, 0.717) is 24.9 Å². The van der Waals surface area contributed by atoms with E-state index in [2.05, 4.69) is 5.32 Å². The average Bonchev–Trinajstić information content (AvgIpc) is 3.01. The molecule has 1 atom stereocenters. The fourth-order valence-electron chi connectivity index (χ4n) is 2.63. The van der Waals surface area contributed by atoms with Gasteiger partial charge < -0.3 is 15.2 Å². The molecule has 1 aliphatic rings. The molecule has 2 N–H and O–H groups in total. The Morgan fingerprint density at radius 3 is 2.62 bits per heavy atom. The number of amides is 1. The van der Waals surface area contributed by atoms with E-state index in [1.165, 1.54) is 18.2 Å². The highest BCUT2D eigenvalue weighted by molar-refractivity contribution is 5.87. The molecule has 6 heteroatoms. The molecule has 0 fully saturated rings. The van der Waals surface area contributed by atoms with Crippen LogP contribution in [0.5, 0.6) is 5.75 Å². The lowest BCUT2D eigenvalue weighted by Gasteiger charge is -2.11. The molecule has 2 aromatic rings. The molecule has 0 bridgehead atoms. The number of hydrogen-bond acceptors (Lipinski definition) is 3. The number of halogens is 1. The number of carbonyl (C=O) groups excluding carboxylic acids is 1. The zero-order valence-corrected chi connectivity index (χ0v) is 12.8. The molecule has 3 rings (SSSR count). The number of rotatable bonds is 5. The molecular weight excluding hydrogens is 313 g/mol. The van der Waals surface area contributed by atoms with E-state index < -0.39 is 17.9 Å². The Hall–Kier alpha value is -2.89. The molecule has 5 nitrogen and oxygen atoms in total. The van der Waals surface area contributed by atoms with E-state index in [4.69, 9.17) is 9.84 Å². The monoisotopic (exact) mass is 329 g/mol. The van der Waals surface area contributed by atoms with Crippen molar-refractivity contribution in [1.82, 2.24) is 5.32 Å². The van der Waals surface area contributed by atoms with Crippen LogP contribution >= 0.6 is 0 Å². The zero-order valence-electron chi connectivity index (χ0n) is 12.8. The lowest BCUT2D eigenvalue weighted by Crippen LogP contribution is -2.38. The first-order valence-electron chi connectivity index (χ1n) is 7.58. The topological polar surface area (TPSA) is 75.6 Å². The van der Waals surface area contributed by atoms with Crippen molar-refractivity contribution in [2.24, 2.45) is 0 Å². The summed E-state index contributed by atoms with van der Waals surface area (Å²) in [5.41, 5.74) is 1.84. The Morgan fingerprint density at radius 1 is 1.21 bits per heavy atom.